The predicted molar refractivity (Wildman–Crippen MR) is 60.4 cm³/mol. The molecule has 0 spiro atoms. The van der Waals surface area contributed by atoms with Crippen molar-refractivity contribution in [2.24, 2.45) is 11.7 Å². The van der Waals surface area contributed by atoms with Crippen LogP contribution in [0.2, 0.25) is 0 Å². The van der Waals surface area contributed by atoms with Gasteiger partial charge in [0, 0.05) is 12.5 Å². The van der Waals surface area contributed by atoms with E-state index in [1.54, 1.807) is 0 Å². The van der Waals surface area contributed by atoms with Crippen LogP contribution in [0.25, 0.3) is 0 Å². The first-order valence-corrected chi connectivity index (χ1v) is 6.15. The maximum Gasteiger partial charge on any atom is 0.306 e. The Morgan fingerprint density at radius 1 is 1.40 bits per heavy atom. The number of hydrogen-bond acceptors (Lipinski definition) is 3. The zero-order chi connectivity index (χ0) is 11.1. The van der Waals surface area contributed by atoms with E-state index >= 15 is 0 Å². The normalized spacial score (nSPS) is 26.3. The molecule has 0 aliphatic heterocycles. The maximum atomic E-state index is 11.5. The van der Waals surface area contributed by atoms with Crippen molar-refractivity contribution in [1.29, 1.82) is 0 Å². The second kappa shape index (κ2) is 6.83. The molecule has 88 valence electrons. The third kappa shape index (κ3) is 4.65. The lowest BCUT2D eigenvalue weighted by Gasteiger charge is -2.27. The van der Waals surface area contributed by atoms with Crippen molar-refractivity contribution in [2.75, 3.05) is 6.61 Å². The summed E-state index contributed by atoms with van der Waals surface area (Å²) in [6.45, 7) is 2.65. The molecule has 1 aliphatic carbocycles. The van der Waals surface area contributed by atoms with Gasteiger partial charge >= 0.3 is 5.97 Å². The summed E-state index contributed by atoms with van der Waals surface area (Å²) in [6, 6.07) is 0.206. The molecule has 2 N–H and O–H groups in total. The van der Waals surface area contributed by atoms with Crippen LogP contribution >= 0.6 is 0 Å². The standard InChI is InChI=1S/C12H23NO2/c1-2-3-8-15-12(14)9-10-6-4-5-7-11(10)13/h10-11H,2-9,13H2,1H3/t10-,11-/m0/s1. The molecule has 0 saturated heterocycles. The molecule has 0 amide bonds. The third-order valence-electron chi connectivity index (χ3n) is 3.16. The summed E-state index contributed by atoms with van der Waals surface area (Å²) in [6.07, 6.45) is 7.11. The molecule has 2 atom stereocenters. The molecule has 3 heteroatoms. The molecular formula is C12H23NO2. The fourth-order valence-electron chi connectivity index (χ4n) is 2.09. The van der Waals surface area contributed by atoms with Crippen LogP contribution in [0.3, 0.4) is 0 Å². The zero-order valence-corrected chi connectivity index (χ0v) is 9.71. The van der Waals surface area contributed by atoms with Gasteiger partial charge in [0.05, 0.1) is 6.61 Å². The van der Waals surface area contributed by atoms with Crippen LogP contribution in [0.4, 0.5) is 0 Å². The van der Waals surface area contributed by atoms with Crippen molar-refractivity contribution in [1.82, 2.24) is 0 Å². The molecule has 1 aliphatic rings. The highest BCUT2D eigenvalue weighted by Crippen LogP contribution is 2.25. The summed E-state index contributed by atoms with van der Waals surface area (Å²) < 4.78 is 5.14. The SMILES string of the molecule is CCCCOC(=O)C[C@@H]1CCCC[C@@H]1N. The number of esters is 1. The average Bonchev–Trinajstić information content (AvgIpc) is 2.22. The summed E-state index contributed by atoms with van der Waals surface area (Å²) in [5.41, 5.74) is 5.97. The Kier molecular flexibility index (Phi) is 5.69. The summed E-state index contributed by atoms with van der Waals surface area (Å²) in [4.78, 5) is 11.5. The van der Waals surface area contributed by atoms with Crippen LogP contribution in [0.15, 0.2) is 0 Å². The molecule has 0 aromatic carbocycles. The minimum atomic E-state index is -0.0641. The van der Waals surface area contributed by atoms with Crippen molar-refractivity contribution in [2.45, 2.75) is 57.9 Å². The van der Waals surface area contributed by atoms with Crippen LogP contribution in [0.5, 0.6) is 0 Å². The van der Waals surface area contributed by atoms with E-state index in [4.69, 9.17) is 10.5 Å². The number of nitrogens with two attached hydrogens (primary N) is 1. The van der Waals surface area contributed by atoms with Gasteiger partial charge in [0.1, 0.15) is 0 Å². The quantitative estimate of drug-likeness (QED) is 0.563. The highest BCUT2D eigenvalue weighted by molar-refractivity contribution is 5.69. The van der Waals surface area contributed by atoms with E-state index in [0.29, 0.717) is 18.9 Å². The zero-order valence-electron chi connectivity index (χ0n) is 9.71. The lowest BCUT2D eigenvalue weighted by Crippen LogP contribution is -2.34. The monoisotopic (exact) mass is 213 g/mol. The molecule has 0 aromatic heterocycles. The number of carbonyl (C=O) groups excluding carboxylic acids is 1. The Labute approximate surface area is 92.4 Å². The molecule has 1 fully saturated rings. The molecule has 0 unspecified atom stereocenters. The molecule has 1 rings (SSSR count). The van der Waals surface area contributed by atoms with Crippen LogP contribution in [-0.2, 0) is 9.53 Å². The van der Waals surface area contributed by atoms with Gasteiger partial charge in [-0.25, -0.2) is 0 Å². The van der Waals surface area contributed by atoms with Crippen molar-refractivity contribution in [3.63, 3.8) is 0 Å². The Hall–Kier alpha value is -0.570. The molecule has 1 saturated carbocycles. The van der Waals surface area contributed by atoms with Crippen LogP contribution in [0, 0.1) is 5.92 Å². The minimum Gasteiger partial charge on any atom is -0.466 e. The average molecular weight is 213 g/mol. The fraction of sp³-hybridized carbons (Fsp3) is 0.917. The molecule has 0 radical (unpaired) electrons. The van der Waals surface area contributed by atoms with Gasteiger partial charge in [0.15, 0.2) is 0 Å². The van der Waals surface area contributed by atoms with Gasteiger partial charge in [0.2, 0.25) is 0 Å². The topological polar surface area (TPSA) is 52.3 Å². The first-order valence-electron chi connectivity index (χ1n) is 6.15. The third-order valence-corrected chi connectivity index (χ3v) is 3.16. The van der Waals surface area contributed by atoms with E-state index < -0.39 is 0 Å². The Balaban J connectivity index is 2.18. The van der Waals surface area contributed by atoms with Crippen LogP contribution in [-0.4, -0.2) is 18.6 Å². The summed E-state index contributed by atoms with van der Waals surface area (Å²) >= 11 is 0. The van der Waals surface area contributed by atoms with Crippen molar-refractivity contribution in [3.05, 3.63) is 0 Å². The van der Waals surface area contributed by atoms with Crippen LogP contribution < -0.4 is 5.73 Å². The van der Waals surface area contributed by atoms with Gasteiger partial charge in [-0.1, -0.05) is 26.2 Å². The summed E-state index contributed by atoms with van der Waals surface area (Å²) in [5.74, 6) is 0.290. The number of carbonyl (C=O) groups is 1. The van der Waals surface area contributed by atoms with Gasteiger partial charge in [-0.2, -0.15) is 0 Å². The number of unbranched alkanes of at least 4 members (excludes halogenated alkanes) is 1. The van der Waals surface area contributed by atoms with Gasteiger partial charge in [-0.05, 0) is 25.2 Å². The van der Waals surface area contributed by atoms with E-state index in [0.717, 1.165) is 25.7 Å². The maximum absolute atomic E-state index is 11.5. The molecule has 3 nitrogen and oxygen atoms in total. The van der Waals surface area contributed by atoms with E-state index in [9.17, 15) is 4.79 Å². The van der Waals surface area contributed by atoms with Gasteiger partial charge in [-0.3, -0.25) is 4.79 Å². The predicted octanol–water partition coefficient (Wildman–Crippen LogP) is 2.24. The molecule has 0 heterocycles. The molecule has 0 bridgehead atoms. The largest absolute Gasteiger partial charge is 0.466 e. The lowest BCUT2D eigenvalue weighted by molar-refractivity contribution is -0.145. The Morgan fingerprint density at radius 2 is 2.13 bits per heavy atom. The number of hydrogen-bond donors (Lipinski definition) is 1. The van der Waals surface area contributed by atoms with Crippen molar-refractivity contribution < 1.29 is 9.53 Å². The van der Waals surface area contributed by atoms with E-state index in [-0.39, 0.29) is 12.0 Å². The van der Waals surface area contributed by atoms with Gasteiger partial charge < -0.3 is 10.5 Å². The molecule has 15 heavy (non-hydrogen) atoms. The number of ether oxygens (including phenoxy) is 1. The first-order chi connectivity index (χ1) is 7.24. The Bertz CT molecular complexity index is 194. The minimum absolute atomic E-state index is 0.0641. The fourth-order valence-corrected chi connectivity index (χ4v) is 2.09. The number of rotatable bonds is 5. The second-order valence-corrected chi connectivity index (χ2v) is 4.49. The Morgan fingerprint density at radius 3 is 2.80 bits per heavy atom. The summed E-state index contributed by atoms with van der Waals surface area (Å²) in [5, 5.41) is 0. The highest BCUT2D eigenvalue weighted by atomic mass is 16.5. The molecular weight excluding hydrogens is 190 g/mol. The smallest absolute Gasteiger partial charge is 0.306 e. The van der Waals surface area contributed by atoms with Gasteiger partial charge in [-0.15, -0.1) is 0 Å². The van der Waals surface area contributed by atoms with E-state index in [2.05, 4.69) is 6.92 Å². The van der Waals surface area contributed by atoms with E-state index in [1.165, 1.54) is 12.8 Å². The van der Waals surface area contributed by atoms with E-state index in [1.807, 2.05) is 0 Å². The highest BCUT2D eigenvalue weighted by Gasteiger charge is 2.24. The van der Waals surface area contributed by atoms with Crippen molar-refractivity contribution in [3.8, 4) is 0 Å². The van der Waals surface area contributed by atoms with Crippen LogP contribution in [0.1, 0.15) is 51.9 Å². The second-order valence-electron chi connectivity index (χ2n) is 4.49. The van der Waals surface area contributed by atoms with Gasteiger partial charge in [0.25, 0.3) is 0 Å². The van der Waals surface area contributed by atoms with Crippen molar-refractivity contribution >= 4 is 5.97 Å². The lowest BCUT2D eigenvalue weighted by atomic mass is 9.83. The molecule has 0 aromatic rings. The first kappa shape index (κ1) is 12.5. The summed E-state index contributed by atoms with van der Waals surface area (Å²) in [7, 11) is 0.